The van der Waals surface area contributed by atoms with Gasteiger partial charge in [-0.25, -0.2) is 24.5 Å². The summed E-state index contributed by atoms with van der Waals surface area (Å²) < 4.78 is 3.60. The summed E-state index contributed by atoms with van der Waals surface area (Å²) in [6.45, 7) is -1.62. The highest BCUT2D eigenvalue weighted by atomic mass is 31.2. The predicted octanol–water partition coefficient (Wildman–Crippen LogP) is -4.07. The van der Waals surface area contributed by atoms with Gasteiger partial charge in [-0.3, -0.25) is 5.41 Å². The zero-order chi connectivity index (χ0) is 21.5. The molecule has 0 atom stereocenters. The molecule has 0 spiro atoms. The maximum Gasteiger partial charge on any atom is 0.334 e. The van der Waals surface area contributed by atoms with E-state index in [9.17, 15) is 20.2 Å². The number of rotatable bonds is 8. The van der Waals surface area contributed by atoms with Gasteiger partial charge in [0.05, 0.1) is 31.8 Å². The van der Waals surface area contributed by atoms with Crippen LogP contribution in [0.15, 0.2) is 0 Å². The molecule has 0 bridgehead atoms. The van der Waals surface area contributed by atoms with Crippen LogP contribution in [0.25, 0.3) is 0 Å². The molecule has 0 aliphatic rings. The van der Waals surface area contributed by atoms with Gasteiger partial charge in [0.1, 0.15) is 0 Å². The van der Waals surface area contributed by atoms with Crippen LogP contribution in [0.5, 0.6) is 0 Å². The summed E-state index contributed by atoms with van der Waals surface area (Å²) >= 11 is 0. The van der Waals surface area contributed by atoms with Crippen molar-refractivity contribution in [3.8, 4) is 0 Å². The first-order chi connectivity index (χ1) is 11.8. The van der Waals surface area contributed by atoms with Crippen molar-refractivity contribution in [2.75, 3.05) is 26.4 Å². The van der Waals surface area contributed by atoms with Gasteiger partial charge in [-0.15, -0.1) is 0 Å². The van der Waals surface area contributed by atoms with Crippen LogP contribution in [-0.4, -0.2) is 87.6 Å². The molecular weight excluding hydrogens is 412 g/mol. The van der Waals surface area contributed by atoms with Gasteiger partial charge in [0, 0.05) is 0 Å². The van der Waals surface area contributed by atoms with E-state index in [-0.39, 0.29) is 0 Å². The lowest BCUT2D eigenvalue weighted by Crippen LogP contribution is -2.44. The van der Waals surface area contributed by atoms with E-state index >= 15 is 0 Å². The van der Waals surface area contributed by atoms with E-state index in [4.69, 9.17) is 45.4 Å². The maximum absolute atomic E-state index is 9.65. The fraction of sp³-hybridized carbons (Fsp3) is 0.833. The Morgan fingerprint density at radius 1 is 0.962 bits per heavy atom. The van der Waals surface area contributed by atoms with Crippen LogP contribution in [0, 0.1) is 31.1 Å². The molecule has 0 radical (unpaired) electrons. The van der Waals surface area contributed by atoms with Gasteiger partial charge in [0.15, 0.2) is 0 Å². The van der Waals surface area contributed by atoms with Gasteiger partial charge in [-0.05, 0) is 0 Å². The van der Waals surface area contributed by atoms with Crippen molar-refractivity contribution in [2.24, 2.45) is 11.1 Å². The van der Waals surface area contributed by atoms with Crippen molar-refractivity contribution >= 4 is 23.2 Å². The molecule has 156 valence electrons. The van der Waals surface area contributed by atoms with E-state index in [0.29, 0.717) is 0 Å². The van der Waals surface area contributed by atoms with Gasteiger partial charge in [0.2, 0.25) is 15.2 Å². The van der Waals surface area contributed by atoms with Gasteiger partial charge >= 0.3 is 23.2 Å². The van der Waals surface area contributed by atoms with Crippen molar-refractivity contribution in [3.63, 3.8) is 0 Å². The van der Waals surface area contributed by atoms with Crippen LogP contribution in [-0.2, 0) is 4.31 Å². The average molecular weight is 431 g/mol. The van der Waals surface area contributed by atoms with Crippen LogP contribution in [0.4, 0.5) is 0 Å². The van der Waals surface area contributed by atoms with E-state index in [2.05, 4.69) is 10.0 Å². The number of nitrogens with one attached hydrogen (secondary N) is 1. The maximum atomic E-state index is 9.65. The van der Waals surface area contributed by atoms with Gasteiger partial charge in [-0.2, -0.15) is 0 Å². The second kappa shape index (κ2) is 15.8. The molecule has 0 aliphatic heterocycles. The van der Waals surface area contributed by atoms with Crippen molar-refractivity contribution in [3.05, 3.63) is 20.2 Å². The molecule has 0 heterocycles. The lowest BCUT2D eigenvalue weighted by molar-refractivity contribution is -0.881. The molecule has 20 heteroatoms. The van der Waals surface area contributed by atoms with Crippen LogP contribution >= 0.6 is 17.2 Å². The zero-order valence-corrected chi connectivity index (χ0v) is 14.5. The topological polar surface area (TPSA) is 310 Å². The normalized spacial score (nSPS) is 10.4. The van der Waals surface area contributed by atoms with E-state index in [0.717, 1.165) is 0 Å². The SMILES string of the molecule is N=C(N)N([N+](=O)[O-])[N+](=O)[O-].OCC(CO)(CO)CO.OP(O)OP(O)O. The largest absolute Gasteiger partial charge is 0.396 e. The molecule has 0 saturated carbocycles. The van der Waals surface area contributed by atoms with Crippen LogP contribution in [0.2, 0.25) is 0 Å². The van der Waals surface area contributed by atoms with Crippen LogP contribution < -0.4 is 5.73 Å². The Hall–Kier alpha value is -1.43. The lowest BCUT2D eigenvalue weighted by Gasteiger charge is -2.23. The van der Waals surface area contributed by atoms with E-state index < -0.39 is 70.2 Å². The van der Waals surface area contributed by atoms with Crippen molar-refractivity contribution in [1.82, 2.24) is 5.12 Å². The fourth-order valence-corrected chi connectivity index (χ4v) is 1.12. The Bertz CT molecular complexity index is 365. The first-order valence-electron chi connectivity index (χ1n) is 5.74. The minimum absolute atomic E-state index is 0.406. The summed E-state index contributed by atoms with van der Waals surface area (Å²) in [7, 11) is -5.22. The molecular formula is C6H19N5O13P2. The van der Waals surface area contributed by atoms with Crippen molar-refractivity contribution in [1.29, 1.82) is 5.41 Å². The predicted molar refractivity (Wildman–Crippen MR) is 82.3 cm³/mol. The van der Waals surface area contributed by atoms with Gasteiger partial charge < -0.3 is 45.7 Å². The molecule has 0 fully saturated rings. The molecule has 18 nitrogen and oxygen atoms in total. The molecule has 0 unspecified atom stereocenters. The third-order valence-corrected chi connectivity index (χ3v) is 3.18. The number of aliphatic hydroxyl groups is 4. The highest BCUT2D eigenvalue weighted by Crippen LogP contribution is 2.41. The summed E-state index contributed by atoms with van der Waals surface area (Å²) in [6, 6.07) is 0. The number of nitrogens with two attached hydrogens (primary N) is 1. The van der Waals surface area contributed by atoms with E-state index in [1.54, 1.807) is 0 Å². The quantitative estimate of drug-likeness (QED) is 0.0574. The molecule has 0 saturated heterocycles. The number of hydrazine groups is 2. The minimum atomic E-state index is -2.61. The van der Waals surface area contributed by atoms with E-state index in [1.165, 1.54) is 0 Å². The molecule has 0 amide bonds. The highest BCUT2D eigenvalue weighted by Gasteiger charge is 2.31. The summed E-state index contributed by atoms with van der Waals surface area (Å²) in [5.41, 5.74) is 3.35. The molecule has 0 aromatic heterocycles. The number of aliphatic hydroxyl groups excluding tert-OH is 4. The molecule has 0 rings (SSSR count). The van der Waals surface area contributed by atoms with Crippen molar-refractivity contribution < 1.29 is 54.4 Å². The summed E-state index contributed by atoms with van der Waals surface area (Å²) in [4.78, 5) is 50.6. The Kier molecular flexibility index (Phi) is 17.8. The third kappa shape index (κ3) is 14.9. The number of guanidine groups is 1. The van der Waals surface area contributed by atoms with E-state index in [1.807, 2.05) is 0 Å². The second-order valence-corrected chi connectivity index (χ2v) is 5.53. The van der Waals surface area contributed by atoms with Gasteiger partial charge in [0.25, 0.3) is 0 Å². The number of nitro groups is 2. The molecule has 0 aromatic rings. The minimum Gasteiger partial charge on any atom is -0.396 e. The standard InChI is InChI=1S/C5H12O4.CH3N5O4.H4O5P2/c6-1-5(2-7,3-8)4-9;2-1(3)4(5(7)8)6(9)10;1-6(2)5-7(3)4/h6-9H,1-4H2;(H3,2,3);1-4H. The molecule has 11 N–H and O–H groups in total. The Balaban J connectivity index is -0.000000310. The molecule has 26 heavy (non-hydrogen) atoms. The average Bonchev–Trinajstić information content (AvgIpc) is 2.48. The lowest BCUT2D eigenvalue weighted by atomic mass is 9.93. The molecule has 0 aliphatic carbocycles. The Labute approximate surface area is 147 Å². The highest BCUT2D eigenvalue weighted by molar-refractivity contribution is 7.53. The summed E-state index contributed by atoms with van der Waals surface area (Å²) in [5, 5.41) is 56.1. The second-order valence-electron chi connectivity index (χ2n) is 3.87. The number of hydrogen-bond acceptors (Lipinski definition) is 14. The summed E-state index contributed by atoms with van der Waals surface area (Å²) in [5.74, 6) is -1.24. The first-order valence-corrected chi connectivity index (χ1v) is 8.07. The Morgan fingerprint density at radius 3 is 1.23 bits per heavy atom. The monoisotopic (exact) mass is 431 g/mol. The van der Waals surface area contributed by atoms with Gasteiger partial charge in [-0.1, -0.05) is 0 Å². The Morgan fingerprint density at radius 2 is 1.23 bits per heavy atom. The fourth-order valence-electron chi connectivity index (χ4n) is 0.601. The summed E-state index contributed by atoms with van der Waals surface area (Å²) in [6.07, 6.45) is 0. The smallest absolute Gasteiger partial charge is 0.334 e. The zero-order valence-electron chi connectivity index (χ0n) is 12.8. The van der Waals surface area contributed by atoms with Crippen molar-refractivity contribution in [2.45, 2.75) is 0 Å². The van der Waals surface area contributed by atoms with Crippen LogP contribution in [0.3, 0.4) is 0 Å². The number of hydrogen-bond donors (Lipinski definition) is 10. The first kappa shape index (κ1) is 29.3. The third-order valence-electron chi connectivity index (χ3n) is 2.01. The molecule has 0 aromatic carbocycles. The van der Waals surface area contributed by atoms with Crippen LogP contribution in [0.1, 0.15) is 0 Å². The number of nitrogens with zero attached hydrogens (tertiary/aromatic N) is 3.